The lowest BCUT2D eigenvalue weighted by atomic mass is 10.0. The molecule has 0 bridgehead atoms. The number of aliphatic hydroxyl groups is 2. The van der Waals surface area contributed by atoms with Crippen LogP contribution in [0.5, 0.6) is 0 Å². The first-order chi connectivity index (χ1) is 7.69. The molecule has 0 aromatic heterocycles. The van der Waals surface area contributed by atoms with Crippen molar-refractivity contribution in [2.24, 2.45) is 0 Å². The molecule has 1 aliphatic rings. The molecule has 0 aliphatic carbocycles. The summed E-state index contributed by atoms with van der Waals surface area (Å²) in [4.78, 5) is 0. The lowest BCUT2D eigenvalue weighted by Crippen LogP contribution is -2.49. The van der Waals surface area contributed by atoms with Crippen molar-refractivity contribution in [2.45, 2.75) is 10.9 Å². The smallest absolute Gasteiger partial charge is 0.0795 e. The molecular weight excluding hydrogens is 246 g/mol. The van der Waals surface area contributed by atoms with Gasteiger partial charge in [-0.3, -0.25) is 5.32 Å². The molecule has 1 atom stereocenters. The van der Waals surface area contributed by atoms with Gasteiger partial charge in [-0.1, -0.05) is 23.7 Å². The van der Waals surface area contributed by atoms with Crippen molar-refractivity contribution in [3.63, 3.8) is 0 Å². The van der Waals surface area contributed by atoms with Crippen molar-refractivity contribution >= 4 is 23.4 Å². The molecule has 16 heavy (non-hydrogen) atoms. The van der Waals surface area contributed by atoms with Gasteiger partial charge >= 0.3 is 0 Å². The molecule has 3 nitrogen and oxygen atoms in total. The van der Waals surface area contributed by atoms with Crippen LogP contribution in [0.2, 0.25) is 5.02 Å². The lowest BCUT2D eigenvalue weighted by Gasteiger charge is -2.24. The van der Waals surface area contributed by atoms with Crippen LogP contribution >= 0.6 is 23.4 Å². The van der Waals surface area contributed by atoms with Gasteiger partial charge in [0.1, 0.15) is 0 Å². The first-order valence-electron chi connectivity index (χ1n) is 5.06. The third kappa shape index (κ3) is 2.36. The number of hydrogen-bond acceptors (Lipinski definition) is 4. The summed E-state index contributed by atoms with van der Waals surface area (Å²) >= 11 is 7.50. The van der Waals surface area contributed by atoms with Crippen LogP contribution < -0.4 is 5.32 Å². The van der Waals surface area contributed by atoms with E-state index in [4.69, 9.17) is 11.6 Å². The van der Waals surface area contributed by atoms with Crippen molar-refractivity contribution in [3.05, 3.63) is 34.9 Å². The van der Waals surface area contributed by atoms with Crippen molar-refractivity contribution in [2.75, 3.05) is 19.0 Å². The number of halogens is 1. The molecule has 0 unspecified atom stereocenters. The van der Waals surface area contributed by atoms with Gasteiger partial charge < -0.3 is 10.2 Å². The normalized spacial score (nSPS) is 23.6. The first-order valence-corrected chi connectivity index (χ1v) is 6.48. The minimum absolute atomic E-state index is 0.0550. The van der Waals surface area contributed by atoms with Crippen LogP contribution in [-0.4, -0.2) is 34.7 Å². The van der Waals surface area contributed by atoms with E-state index in [0.29, 0.717) is 10.8 Å². The molecule has 1 heterocycles. The molecule has 3 N–H and O–H groups in total. The molecule has 0 amide bonds. The zero-order valence-corrected chi connectivity index (χ0v) is 10.3. The number of benzene rings is 1. The molecule has 5 heteroatoms. The van der Waals surface area contributed by atoms with E-state index < -0.39 is 5.54 Å². The second-order valence-electron chi connectivity index (χ2n) is 3.98. The standard InChI is InChI=1S/C11H14ClNO2S/c12-9-3-1-8(2-4-9)10-13-11(5-14,6-15)7-16-10/h1-4,10,13-15H,5-7H2/t10-/m1/s1. The van der Waals surface area contributed by atoms with Crippen molar-refractivity contribution in [1.82, 2.24) is 5.32 Å². The Kier molecular flexibility index (Phi) is 3.77. The molecule has 0 radical (unpaired) electrons. The number of rotatable bonds is 3. The minimum Gasteiger partial charge on any atom is -0.394 e. The van der Waals surface area contributed by atoms with E-state index in [1.807, 2.05) is 24.3 Å². The summed E-state index contributed by atoms with van der Waals surface area (Å²) in [6.45, 7) is -0.110. The summed E-state index contributed by atoms with van der Waals surface area (Å²) in [5.41, 5.74) is 0.549. The fourth-order valence-corrected chi connectivity index (χ4v) is 3.21. The molecule has 1 aliphatic heterocycles. The Hall–Kier alpha value is -0.260. The number of hydrogen-bond donors (Lipinski definition) is 3. The molecule has 2 rings (SSSR count). The van der Waals surface area contributed by atoms with Gasteiger partial charge in [-0.15, -0.1) is 11.8 Å². The van der Waals surface area contributed by atoms with Crippen LogP contribution in [-0.2, 0) is 0 Å². The summed E-state index contributed by atoms with van der Waals surface area (Å²) < 4.78 is 0. The van der Waals surface area contributed by atoms with Crippen LogP contribution in [0.25, 0.3) is 0 Å². The Bertz CT molecular complexity index is 354. The van der Waals surface area contributed by atoms with E-state index in [2.05, 4.69) is 5.32 Å². The average Bonchev–Trinajstić information content (AvgIpc) is 2.75. The SMILES string of the molecule is OCC1(CO)CS[C@H](c2ccc(Cl)cc2)N1. The monoisotopic (exact) mass is 259 g/mol. The summed E-state index contributed by atoms with van der Waals surface area (Å²) in [6, 6.07) is 7.60. The van der Waals surface area contributed by atoms with Crippen molar-refractivity contribution in [3.8, 4) is 0 Å². The zero-order valence-electron chi connectivity index (χ0n) is 8.69. The Labute approximate surface area is 104 Å². The minimum atomic E-state index is -0.561. The third-order valence-corrected chi connectivity index (χ3v) is 4.44. The number of thioether (sulfide) groups is 1. The molecule has 0 spiro atoms. The fraction of sp³-hybridized carbons (Fsp3) is 0.455. The maximum absolute atomic E-state index is 9.27. The molecule has 1 fully saturated rings. The van der Waals surface area contributed by atoms with Gasteiger partial charge in [-0.25, -0.2) is 0 Å². The summed E-state index contributed by atoms with van der Waals surface area (Å²) in [5.74, 6) is 0.702. The summed E-state index contributed by atoms with van der Waals surface area (Å²) in [7, 11) is 0. The van der Waals surface area contributed by atoms with Crippen LogP contribution in [0.1, 0.15) is 10.9 Å². The molecular formula is C11H14ClNO2S. The van der Waals surface area contributed by atoms with E-state index in [-0.39, 0.29) is 18.6 Å². The molecule has 1 saturated heterocycles. The van der Waals surface area contributed by atoms with Gasteiger partial charge in [0, 0.05) is 10.8 Å². The highest BCUT2D eigenvalue weighted by atomic mass is 35.5. The molecule has 1 aromatic carbocycles. The van der Waals surface area contributed by atoms with E-state index in [1.165, 1.54) is 0 Å². The van der Waals surface area contributed by atoms with Gasteiger partial charge in [0.15, 0.2) is 0 Å². The lowest BCUT2D eigenvalue weighted by molar-refractivity contribution is 0.112. The van der Waals surface area contributed by atoms with Crippen molar-refractivity contribution in [1.29, 1.82) is 0 Å². The molecule has 0 saturated carbocycles. The average molecular weight is 260 g/mol. The largest absolute Gasteiger partial charge is 0.394 e. The second kappa shape index (κ2) is 4.94. The Morgan fingerprint density at radius 1 is 1.31 bits per heavy atom. The van der Waals surface area contributed by atoms with Gasteiger partial charge in [0.25, 0.3) is 0 Å². The zero-order chi connectivity index (χ0) is 11.6. The van der Waals surface area contributed by atoms with Crippen LogP contribution in [0, 0.1) is 0 Å². The first kappa shape index (κ1) is 12.2. The maximum atomic E-state index is 9.27. The fourth-order valence-electron chi connectivity index (χ4n) is 1.65. The van der Waals surface area contributed by atoms with E-state index >= 15 is 0 Å². The van der Waals surface area contributed by atoms with Crippen molar-refractivity contribution < 1.29 is 10.2 Å². The topological polar surface area (TPSA) is 52.5 Å². The highest BCUT2D eigenvalue weighted by Gasteiger charge is 2.38. The Morgan fingerprint density at radius 3 is 2.44 bits per heavy atom. The number of aliphatic hydroxyl groups excluding tert-OH is 2. The summed E-state index contributed by atoms with van der Waals surface area (Å²) in [6.07, 6.45) is 0. The van der Waals surface area contributed by atoms with Gasteiger partial charge in [0.05, 0.1) is 24.1 Å². The van der Waals surface area contributed by atoms with Crippen LogP contribution in [0.4, 0.5) is 0 Å². The highest BCUT2D eigenvalue weighted by Crippen LogP contribution is 2.37. The van der Waals surface area contributed by atoms with E-state index in [9.17, 15) is 10.2 Å². The quantitative estimate of drug-likeness (QED) is 0.768. The molecule has 1 aromatic rings. The predicted octanol–water partition coefficient (Wildman–Crippen LogP) is 1.40. The third-order valence-electron chi connectivity index (χ3n) is 2.74. The Balaban J connectivity index is 2.11. The van der Waals surface area contributed by atoms with Crippen LogP contribution in [0.15, 0.2) is 24.3 Å². The van der Waals surface area contributed by atoms with Gasteiger partial charge in [0.2, 0.25) is 0 Å². The number of nitrogens with one attached hydrogen (secondary N) is 1. The molecule has 88 valence electrons. The van der Waals surface area contributed by atoms with Gasteiger partial charge in [-0.2, -0.15) is 0 Å². The predicted molar refractivity (Wildman–Crippen MR) is 66.7 cm³/mol. The van der Waals surface area contributed by atoms with E-state index in [0.717, 1.165) is 5.56 Å². The maximum Gasteiger partial charge on any atom is 0.0795 e. The van der Waals surface area contributed by atoms with Gasteiger partial charge in [-0.05, 0) is 17.7 Å². The highest BCUT2D eigenvalue weighted by molar-refractivity contribution is 7.99. The summed E-state index contributed by atoms with van der Waals surface area (Å²) in [5, 5.41) is 22.6. The second-order valence-corrected chi connectivity index (χ2v) is 5.51. The van der Waals surface area contributed by atoms with E-state index in [1.54, 1.807) is 11.8 Å². The van der Waals surface area contributed by atoms with Crippen LogP contribution in [0.3, 0.4) is 0 Å². The Morgan fingerprint density at radius 2 is 1.94 bits per heavy atom.